The van der Waals surface area contributed by atoms with Crippen molar-refractivity contribution < 1.29 is 43.0 Å². The molecule has 0 saturated heterocycles. The van der Waals surface area contributed by atoms with E-state index in [-0.39, 0.29) is 44.4 Å². The second-order valence-electron chi connectivity index (χ2n) is 14.9. The molecule has 0 aromatic carbocycles. The van der Waals surface area contributed by atoms with Crippen molar-refractivity contribution in [2.24, 2.45) is 17.6 Å². The molecule has 0 aromatic rings. The zero-order chi connectivity index (χ0) is 41.4. The van der Waals surface area contributed by atoms with E-state index in [1.807, 2.05) is 20.8 Å². The number of carbonyl (C=O) groups excluding carboxylic acids is 7. The van der Waals surface area contributed by atoms with Crippen LogP contribution in [0.4, 0.5) is 0 Å². The van der Waals surface area contributed by atoms with E-state index in [1.165, 1.54) is 63.8 Å². The number of rotatable bonds is 23. The molecule has 0 aliphatic carbocycles. The highest BCUT2D eigenvalue weighted by Gasteiger charge is 2.41. The Bertz CT molecular complexity index is 1250. The van der Waals surface area contributed by atoms with Crippen molar-refractivity contribution in [3.8, 4) is 0 Å². The number of amides is 7. The number of ether oxygens (including phenoxy) is 2. The molecule has 0 radical (unpaired) electrons. The molecule has 0 fully saturated rings. The highest BCUT2D eigenvalue weighted by Crippen LogP contribution is 2.22. The van der Waals surface area contributed by atoms with Gasteiger partial charge in [0, 0.05) is 54.7 Å². The van der Waals surface area contributed by atoms with Crippen molar-refractivity contribution in [1.29, 1.82) is 0 Å². The first kappa shape index (κ1) is 49.2. The van der Waals surface area contributed by atoms with E-state index in [9.17, 15) is 33.6 Å². The number of hydrogen-bond donors (Lipinski definition) is 5. The van der Waals surface area contributed by atoms with Crippen molar-refractivity contribution in [3.63, 3.8) is 0 Å². The summed E-state index contributed by atoms with van der Waals surface area (Å²) in [5, 5.41) is 10.5. The Morgan fingerprint density at radius 1 is 0.717 bits per heavy atom. The van der Waals surface area contributed by atoms with Crippen LogP contribution in [-0.2, 0) is 43.0 Å². The molecule has 17 nitrogen and oxygen atoms in total. The summed E-state index contributed by atoms with van der Waals surface area (Å²) in [7, 11) is 7.29. The maximum atomic E-state index is 14.2. The maximum Gasteiger partial charge on any atom is 0.247 e. The number of nitrogens with one attached hydrogen (secondary N) is 4. The number of nitrogens with two attached hydrogens (primary N) is 1. The quantitative estimate of drug-likeness (QED) is 0.0876. The number of hydrogen-bond acceptors (Lipinski definition) is 10. The van der Waals surface area contributed by atoms with Gasteiger partial charge in [-0.15, -0.1) is 0 Å². The molecule has 306 valence electrons. The molecule has 17 heteroatoms. The summed E-state index contributed by atoms with van der Waals surface area (Å²) in [6.07, 6.45) is 1.02. The Morgan fingerprint density at radius 2 is 1.23 bits per heavy atom. The third-order valence-corrected chi connectivity index (χ3v) is 9.00. The van der Waals surface area contributed by atoms with Gasteiger partial charge in [-0.05, 0) is 52.4 Å². The number of likely N-dealkylation sites (N-methyl/N-ethyl adjacent to an activating group) is 4. The fourth-order valence-electron chi connectivity index (χ4n) is 5.54. The maximum absolute atomic E-state index is 14.2. The molecule has 0 spiro atoms. The minimum absolute atomic E-state index is 0.0138. The van der Waals surface area contributed by atoms with Gasteiger partial charge in [0.25, 0.3) is 0 Å². The predicted molar refractivity (Wildman–Crippen MR) is 201 cm³/mol. The summed E-state index contributed by atoms with van der Waals surface area (Å²) in [5.74, 6) is -4.13. The Hall–Kier alpha value is -3.83. The lowest BCUT2D eigenvalue weighted by molar-refractivity contribution is -0.154. The van der Waals surface area contributed by atoms with E-state index >= 15 is 0 Å². The standard InChI is InChI=1S/C36H68N8O9/c1-15-16-28(45)42(11)27(19-37)34(50)44(13)26(18-36(8,9)53-20-52-14)33(49)41-29(22(4)5)35(51)43(12)25(17-21(2)3)32(48)40-24(7)31(47)39-23(6)30(46)38-10/h21-27,29H,15-20,37H2,1-14H3,(H,38,46)(H,39,47)(H,40,48)(H,41,49)/t23-,24-,25+,26+,27-,29+/m1/s1. The van der Waals surface area contributed by atoms with Gasteiger partial charge >= 0.3 is 0 Å². The Labute approximate surface area is 316 Å². The van der Waals surface area contributed by atoms with Crippen molar-refractivity contribution in [2.45, 2.75) is 130 Å². The van der Waals surface area contributed by atoms with E-state index in [0.29, 0.717) is 6.42 Å². The first-order valence-corrected chi connectivity index (χ1v) is 18.3. The van der Waals surface area contributed by atoms with Crippen LogP contribution >= 0.6 is 0 Å². The SMILES string of the molecule is CCCC(=O)N(C)[C@H](CN)C(=O)N(C)[C@@H](CC(C)(C)OCOC)C(=O)N[C@H](C(=O)N(C)[C@@H](CC(C)C)C(=O)N[C@H](C)C(=O)N[C@H](C)C(=O)NC)C(C)C. The smallest absolute Gasteiger partial charge is 0.247 e. The van der Waals surface area contributed by atoms with Gasteiger partial charge in [-0.2, -0.15) is 0 Å². The first-order chi connectivity index (χ1) is 24.5. The Kier molecular flexibility index (Phi) is 21.4. The van der Waals surface area contributed by atoms with E-state index in [1.54, 1.807) is 27.7 Å². The summed E-state index contributed by atoms with van der Waals surface area (Å²) < 4.78 is 10.9. The minimum atomic E-state index is -1.18. The second-order valence-corrected chi connectivity index (χ2v) is 14.9. The van der Waals surface area contributed by atoms with E-state index < -0.39 is 83.2 Å². The molecular formula is C36H68N8O9. The highest BCUT2D eigenvalue weighted by molar-refractivity contribution is 5.97. The molecular weight excluding hydrogens is 688 g/mol. The van der Waals surface area contributed by atoms with Gasteiger partial charge in [0.1, 0.15) is 43.0 Å². The van der Waals surface area contributed by atoms with Gasteiger partial charge in [-0.25, -0.2) is 0 Å². The summed E-state index contributed by atoms with van der Waals surface area (Å²) in [5.41, 5.74) is 5.00. The van der Waals surface area contributed by atoms with Crippen LogP contribution in [0.5, 0.6) is 0 Å². The molecule has 7 amide bonds. The molecule has 0 bridgehead atoms. The average molecular weight is 757 g/mol. The fraction of sp³-hybridized carbons (Fsp3) is 0.806. The predicted octanol–water partition coefficient (Wildman–Crippen LogP) is -0.0423. The van der Waals surface area contributed by atoms with Gasteiger partial charge in [0.2, 0.25) is 41.4 Å². The molecule has 6 N–H and O–H groups in total. The first-order valence-electron chi connectivity index (χ1n) is 18.3. The van der Waals surface area contributed by atoms with Crippen molar-refractivity contribution in [3.05, 3.63) is 0 Å². The third kappa shape index (κ3) is 15.6. The van der Waals surface area contributed by atoms with Gasteiger partial charge in [0.15, 0.2) is 0 Å². The molecule has 0 aliphatic heterocycles. The van der Waals surface area contributed by atoms with Gasteiger partial charge in [-0.1, -0.05) is 34.6 Å². The molecule has 0 rings (SSSR count). The van der Waals surface area contributed by atoms with Crippen LogP contribution in [-0.4, -0.2) is 147 Å². The van der Waals surface area contributed by atoms with Crippen LogP contribution in [0, 0.1) is 11.8 Å². The topological polar surface area (TPSA) is 222 Å². The third-order valence-electron chi connectivity index (χ3n) is 9.00. The van der Waals surface area contributed by atoms with Crippen LogP contribution in [0.15, 0.2) is 0 Å². The fourth-order valence-corrected chi connectivity index (χ4v) is 5.54. The minimum Gasteiger partial charge on any atom is -0.359 e. The molecule has 0 saturated carbocycles. The van der Waals surface area contributed by atoms with Gasteiger partial charge in [0.05, 0.1) is 5.60 Å². The molecule has 0 heterocycles. The summed E-state index contributed by atoms with van der Waals surface area (Å²) in [4.78, 5) is 97.0. The second kappa shape index (κ2) is 23.1. The van der Waals surface area contributed by atoms with Crippen LogP contribution in [0.25, 0.3) is 0 Å². The van der Waals surface area contributed by atoms with Gasteiger partial charge < -0.3 is 51.2 Å². The van der Waals surface area contributed by atoms with E-state index in [0.717, 1.165) is 0 Å². The van der Waals surface area contributed by atoms with Crippen molar-refractivity contribution in [2.75, 3.05) is 48.6 Å². The van der Waals surface area contributed by atoms with Crippen molar-refractivity contribution in [1.82, 2.24) is 36.0 Å². The summed E-state index contributed by atoms with van der Waals surface area (Å²) in [6, 6.07) is -6.23. The zero-order valence-electron chi connectivity index (χ0n) is 34.5. The van der Waals surface area contributed by atoms with Gasteiger partial charge in [-0.3, -0.25) is 33.6 Å². The lowest BCUT2D eigenvalue weighted by Gasteiger charge is -2.38. The molecule has 0 aromatic heterocycles. The number of methoxy groups -OCH3 is 1. The lowest BCUT2D eigenvalue weighted by atomic mass is 9.94. The largest absolute Gasteiger partial charge is 0.359 e. The molecule has 6 atom stereocenters. The molecule has 53 heavy (non-hydrogen) atoms. The van der Waals surface area contributed by atoms with Crippen molar-refractivity contribution >= 4 is 41.4 Å². The van der Waals surface area contributed by atoms with E-state index in [2.05, 4.69) is 21.3 Å². The van der Waals surface area contributed by atoms with Crippen LogP contribution in [0.1, 0.15) is 88.0 Å². The Morgan fingerprint density at radius 3 is 1.70 bits per heavy atom. The zero-order valence-corrected chi connectivity index (χ0v) is 34.5. The number of nitrogens with zero attached hydrogens (tertiary/aromatic N) is 3. The lowest BCUT2D eigenvalue weighted by Crippen LogP contribution is -2.62. The molecule has 0 unspecified atom stereocenters. The summed E-state index contributed by atoms with van der Waals surface area (Å²) >= 11 is 0. The highest BCUT2D eigenvalue weighted by atomic mass is 16.7. The number of carbonyl (C=O) groups is 7. The molecule has 0 aliphatic rings. The monoisotopic (exact) mass is 757 g/mol. The van der Waals surface area contributed by atoms with Crippen LogP contribution < -0.4 is 27.0 Å². The average Bonchev–Trinajstić information content (AvgIpc) is 3.09. The van der Waals surface area contributed by atoms with E-state index in [4.69, 9.17) is 15.2 Å². The van der Waals surface area contributed by atoms with Crippen LogP contribution in [0.3, 0.4) is 0 Å². The normalized spacial score (nSPS) is 15.0. The summed E-state index contributed by atoms with van der Waals surface area (Å²) in [6.45, 7) is 15.3. The Balaban J connectivity index is 6.53. The van der Waals surface area contributed by atoms with Crippen LogP contribution in [0.2, 0.25) is 0 Å².